The van der Waals surface area contributed by atoms with Gasteiger partial charge in [0, 0.05) is 0 Å². The molecule has 0 radical (unpaired) electrons. The van der Waals surface area contributed by atoms with Gasteiger partial charge in [-0.15, -0.1) is 0 Å². The van der Waals surface area contributed by atoms with Crippen LogP contribution in [0.4, 0.5) is 0 Å². The smallest absolute Gasteiger partial charge is 0.00462 e. The Morgan fingerprint density at radius 1 is 1.10 bits per heavy atom. The molecule has 1 nitrogen and oxygen atoms in total. The molecule has 1 saturated heterocycles. The van der Waals surface area contributed by atoms with Crippen LogP contribution in [0.2, 0.25) is 0 Å². The van der Waals surface area contributed by atoms with Crippen molar-refractivity contribution in [2.45, 2.75) is 39.0 Å². The van der Waals surface area contributed by atoms with Crippen molar-refractivity contribution >= 4 is 10.8 Å². The number of hydrogen-bond acceptors (Lipinski definition) is 1. The van der Waals surface area contributed by atoms with Crippen LogP contribution in [-0.4, -0.2) is 13.1 Å². The van der Waals surface area contributed by atoms with Gasteiger partial charge < -0.3 is 5.32 Å². The number of rotatable bonds is 3. The Bertz CT molecular complexity index is 579. The molecule has 1 N–H and O–H groups in total. The summed E-state index contributed by atoms with van der Waals surface area (Å²) in [6.07, 6.45) is 3.88. The lowest BCUT2D eigenvalue weighted by Crippen LogP contribution is -2.28. The van der Waals surface area contributed by atoms with E-state index in [1.54, 1.807) is 0 Å². The maximum atomic E-state index is 3.46. The van der Waals surface area contributed by atoms with Gasteiger partial charge in [0.25, 0.3) is 0 Å². The van der Waals surface area contributed by atoms with E-state index in [2.05, 4.69) is 55.6 Å². The van der Waals surface area contributed by atoms with Crippen LogP contribution in [0.25, 0.3) is 10.8 Å². The Balaban J connectivity index is 1.94. The van der Waals surface area contributed by atoms with Crippen molar-refractivity contribution in [3.05, 3.63) is 47.5 Å². The van der Waals surface area contributed by atoms with E-state index in [-0.39, 0.29) is 0 Å². The Hall–Kier alpha value is -1.34. The fraction of sp³-hybridized carbons (Fsp3) is 0.474. The number of benzene rings is 2. The molecule has 0 atom stereocenters. The van der Waals surface area contributed by atoms with Gasteiger partial charge >= 0.3 is 0 Å². The molecule has 106 valence electrons. The summed E-state index contributed by atoms with van der Waals surface area (Å²) >= 11 is 0. The molecule has 20 heavy (non-hydrogen) atoms. The molecule has 2 aromatic rings. The van der Waals surface area contributed by atoms with Gasteiger partial charge in [-0.2, -0.15) is 0 Å². The number of fused-ring (bicyclic) bond motifs is 1. The van der Waals surface area contributed by atoms with E-state index in [0.717, 1.165) is 5.92 Å². The van der Waals surface area contributed by atoms with Crippen LogP contribution in [0.3, 0.4) is 0 Å². The molecule has 1 heteroatoms. The van der Waals surface area contributed by atoms with Gasteiger partial charge in [0.05, 0.1) is 0 Å². The maximum absolute atomic E-state index is 3.46. The zero-order valence-corrected chi connectivity index (χ0v) is 12.7. The van der Waals surface area contributed by atoms with Crippen LogP contribution in [0.5, 0.6) is 0 Å². The lowest BCUT2D eigenvalue weighted by molar-refractivity contribution is 0.373. The summed E-state index contributed by atoms with van der Waals surface area (Å²) in [5.41, 5.74) is 2.99. The van der Waals surface area contributed by atoms with Gasteiger partial charge in [0.2, 0.25) is 0 Å². The molecule has 1 fully saturated rings. The standard InChI is InChI=1S/C19H25N/c1-14(2)17-7-6-16-4-3-5-18(19(16)13-17)12-15-8-10-20-11-9-15/h3-7,13-15,20H,8-12H2,1-2H3. The van der Waals surface area contributed by atoms with Crippen LogP contribution in [0.15, 0.2) is 36.4 Å². The lowest BCUT2D eigenvalue weighted by Gasteiger charge is -2.23. The first kappa shape index (κ1) is 13.6. The first-order valence-electron chi connectivity index (χ1n) is 7.96. The summed E-state index contributed by atoms with van der Waals surface area (Å²) < 4.78 is 0. The summed E-state index contributed by atoms with van der Waals surface area (Å²) in [5.74, 6) is 1.45. The Morgan fingerprint density at radius 2 is 1.90 bits per heavy atom. The number of piperidine rings is 1. The topological polar surface area (TPSA) is 12.0 Å². The average Bonchev–Trinajstić information content (AvgIpc) is 2.48. The molecule has 0 saturated carbocycles. The van der Waals surface area contributed by atoms with Gasteiger partial charge in [0.15, 0.2) is 0 Å². The summed E-state index contributed by atoms with van der Waals surface area (Å²) in [4.78, 5) is 0. The molecule has 0 amide bonds. The normalized spacial score (nSPS) is 16.9. The Labute approximate surface area is 122 Å². The van der Waals surface area contributed by atoms with E-state index < -0.39 is 0 Å². The van der Waals surface area contributed by atoms with Crippen molar-refractivity contribution in [3.8, 4) is 0 Å². The first-order chi connectivity index (χ1) is 9.74. The molecule has 0 aliphatic carbocycles. The molecular weight excluding hydrogens is 242 g/mol. The van der Waals surface area contributed by atoms with Crippen molar-refractivity contribution < 1.29 is 0 Å². The third-order valence-corrected chi connectivity index (χ3v) is 4.63. The van der Waals surface area contributed by atoms with E-state index in [1.165, 1.54) is 54.3 Å². The van der Waals surface area contributed by atoms with Crippen LogP contribution >= 0.6 is 0 Å². The molecule has 0 spiro atoms. The second-order valence-electron chi connectivity index (χ2n) is 6.45. The van der Waals surface area contributed by atoms with Crippen molar-refractivity contribution in [3.63, 3.8) is 0 Å². The third kappa shape index (κ3) is 2.88. The Morgan fingerprint density at radius 3 is 2.65 bits per heavy atom. The fourth-order valence-electron chi connectivity index (χ4n) is 3.29. The first-order valence-corrected chi connectivity index (χ1v) is 7.96. The molecule has 0 bridgehead atoms. The molecule has 0 unspecified atom stereocenters. The van der Waals surface area contributed by atoms with Gasteiger partial charge in [-0.3, -0.25) is 0 Å². The maximum Gasteiger partial charge on any atom is -0.00462 e. The quantitative estimate of drug-likeness (QED) is 0.863. The molecule has 1 aliphatic heterocycles. The van der Waals surface area contributed by atoms with Crippen LogP contribution in [-0.2, 0) is 6.42 Å². The van der Waals surface area contributed by atoms with E-state index in [1.807, 2.05) is 0 Å². The summed E-state index contributed by atoms with van der Waals surface area (Å²) in [6.45, 7) is 6.92. The van der Waals surface area contributed by atoms with Crippen LogP contribution in [0, 0.1) is 5.92 Å². The van der Waals surface area contributed by atoms with Crippen molar-refractivity contribution in [2.24, 2.45) is 5.92 Å². The highest BCUT2D eigenvalue weighted by Gasteiger charge is 2.15. The molecule has 3 rings (SSSR count). The van der Waals surface area contributed by atoms with E-state index in [4.69, 9.17) is 0 Å². The lowest BCUT2D eigenvalue weighted by atomic mass is 9.88. The highest BCUT2D eigenvalue weighted by Crippen LogP contribution is 2.27. The number of nitrogens with one attached hydrogen (secondary N) is 1. The van der Waals surface area contributed by atoms with Gasteiger partial charge in [0.1, 0.15) is 0 Å². The zero-order valence-electron chi connectivity index (χ0n) is 12.7. The minimum Gasteiger partial charge on any atom is -0.317 e. The number of hydrogen-bond donors (Lipinski definition) is 1. The molecule has 0 aromatic heterocycles. The largest absolute Gasteiger partial charge is 0.317 e. The highest BCUT2D eigenvalue weighted by atomic mass is 14.9. The fourth-order valence-corrected chi connectivity index (χ4v) is 3.29. The van der Waals surface area contributed by atoms with Gasteiger partial charge in [-0.25, -0.2) is 0 Å². The second-order valence-corrected chi connectivity index (χ2v) is 6.45. The third-order valence-electron chi connectivity index (χ3n) is 4.63. The highest BCUT2D eigenvalue weighted by molar-refractivity contribution is 5.86. The zero-order chi connectivity index (χ0) is 13.9. The molecule has 2 aromatic carbocycles. The predicted octanol–water partition coefficient (Wildman–Crippen LogP) is 4.51. The second kappa shape index (κ2) is 5.97. The summed E-state index contributed by atoms with van der Waals surface area (Å²) in [6, 6.07) is 13.8. The average molecular weight is 267 g/mol. The summed E-state index contributed by atoms with van der Waals surface area (Å²) in [7, 11) is 0. The van der Waals surface area contributed by atoms with Crippen molar-refractivity contribution in [1.29, 1.82) is 0 Å². The van der Waals surface area contributed by atoms with Crippen LogP contribution < -0.4 is 5.32 Å². The van der Waals surface area contributed by atoms with Gasteiger partial charge in [-0.05, 0) is 66.1 Å². The van der Waals surface area contributed by atoms with Gasteiger partial charge in [-0.1, -0.05) is 50.2 Å². The van der Waals surface area contributed by atoms with Crippen molar-refractivity contribution in [1.82, 2.24) is 5.32 Å². The SMILES string of the molecule is CC(C)c1ccc2cccc(CC3CCNCC3)c2c1. The van der Waals surface area contributed by atoms with E-state index in [9.17, 15) is 0 Å². The van der Waals surface area contributed by atoms with Crippen molar-refractivity contribution in [2.75, 3.05) is 13.1 Å². The molecular formula is C19H25N. The van der Waals surface area contributed by atoms with E-state index in [0.29, 0.717) is 5.92 Å². The summed E-state index contributed by atoms with van der Waals surface area (Å²) in [5, 5.41) is 6.32. The van der Waals surface area contributed by atoms with Crippen LogP contribution in [0.1, 0.15) is 43.7 Å². The molecule has 1 aliphatic rings. The minimum atomic E-state index is 0.603. The Kier molecular flexibility index (Phi) is 4.07. The monoisotopic (exact) mass is 267 g/mol. The predicted molar refractivity (Wildman–Crippen MR) is 87.3 cm³/mol. The van der Waals surface area contributed by atoms with E-state index >= 15 is 0 Å². The molecule has 1 heterocycles. The minimum absolute atomic E-state index is 0.603.